The molecule has 164 valence electrons. The molecular formula is C23H42O5. The van der Waals surface area contributed by atoms with Crippen molar-refractivity contribution in [2.75, 3.05) is 13.7 Å². The fraction of sp³-hybridized carbons (Fsp3) is 0.826. The van der Waals surface area contributed by atoms with Gasteiger partial charge in [0.05, 0.1) is 13.5 Å². The molecule has 0 bridgehead atoms. The Balaban J connectivity index is 4.37. The summed E-state index contributed by atoms with van der Waals surface area (Å²) in [5, 5.41) is 18.4. The molecule has 0 aliphatic carbocycles. The number of hydrogen-bond donors (Lipinski definition) is 2. The Morgan fingerprint density at radius 3 is 2.25 bits per heavy atom. The standard InChI is InChI=1S/C23H42O5/c1-3-4-5-6-7-9-12-15-20(21(19-24)18-23(27)28-2)16-13-10-8-11-14-17-22(25)26/h12,15,20-21,24H,3-11,13-14,16-19H2,1-2H3,(H,25,26)/b15-12+. The normalized spacial score (nSPS) is 13.5. The molecule has 0 fully saturated rings. The summed E-state index contributed by atoms with van der Waals surface area (Å²) in [7, 11) is 1.38. The maximum absolute atomic E-state index is 11.7. The molecule has 2 unspecified atom stereocenters. The molecule has 5 nitrogen and oxygen atoms in total. The zero-order valence-electron chi connectivity index (χ0n) is 18.0. The fourth-order valence-corrected chi connectivity index (χ4v) is 3.46. The number of carboxylic acid groups (broad SMARTS) is 1. The summed E-state index contributed by atoms with van der Waals surface area (Å²) < 4.78 is 4.78. The molecule has 0 aromatic heterocycles. The van der Waals surface area contributed by atoms with Crippen LogP contribution in [0.25, 0.3) is 0 Å². The number of aliphatic hydroxyl groups excluding tert-OH is 1. The molecule has 0 radical (unpaired) electrons. The molecular weight excluding hydrogens is 356 g/mol. The largest absolute Gasteiger partial charge is 0.481 e. The van der Waals surface area contributed by atoms with Crippen molar-refractivity contribution in [3.05, 3.63) is 12.2 Å². The van der Waals surface area contributed by atoms with Gasteiger partial charge in [0.1, 0.15) is 0 Å². The molecule has 0 rings (SSSR count). The van der Waals surface area contributed by atoms with Gasteiger partial charge in [-0.05, 0) is 37.5 Å². The molecule has 2 atom stereocenters. The predicted molar refractivity (Wildman–Crippen MR) is 113 cm³/mol. The van der Waals surface area contributed by atoms with Gasteiger partial charge >= 0.3 is 11.9 Å². The van der Waals surface area contributed by atoms with Crippen molar-refractivity contribution < 1.29 is 24.5 Å². The molecule has 2 N–H and O–H groups in total. The number of allylic oxidation sites excluding steroid dienone is 2. The van der Waals surface area contributed by atoms with Crippen LogP contribution in [0.15, 0.2) is 12.2 Å². The Morgan fingerprint density at radius 2 is 1.61 bits per heavy atom. The first-order valence-electron chi connectivity index (χ1n) is 11.1. The van der Waals surface area contributed by atoms with Crippen molar-refractivity contribution in [2.24, 2.45) is 11.8 Å². The van der Waals surface area contributed by atoms with Crippen LogP contribution in [-0.2, 0) is 14.3 Å². The Kier molecular flexibility index (Phi) is 18.1. The summed E-state index contributed by atoms with van der Waals surface area (Å²) in [6, 6.07) is 0. The van der Waals surface area contributed by atoms with Crippen molar-refractivity contribution >= 4 is 11.9 Å². The van der Waals surface area contributed by atoms with E-state index in [1.165, 1.54) is 39.2 Å². The smallest absolute Gasteiger partial charge is 0.305 e. The van der Waals surface area contributed by atoms with Crippen LogP contribution in [0, 0.1) is 11.8 Å². The summed E-state index contributed by atoms with van der Waals surface area (Å²) in [4.78, 5) is 22.2. The number of carboxylic acids is 1. The van der Waals surface area contributed by atoms with Gasteiger partial charge in [-0.15, -0.1) is 0 Å². The number of hydrogen-bond acceptors (Lipinski definition) is 4. The summed E-state index contributed by atoms with van der Waals surface area (Å²) in [5.41, 5.74) is 0. The number of ether oxygens (including phenoxy) is 1. The highest BCUT2D eigenvalue weighted by Gasteiger charge is 2.21. The van der Waals surface area contributed by atoms with Crippen LogP contribution >= 0.6 is 0 Å². The van der Waals surface area contributed by atoms with Gasteiger partial charge in [0, 0.05) is 13.0 Å². The zero-order valence-corrected chi connectivity index (χ0v) is 18.0. The van der Waals surface area contributed by atoms with Gasteiger partial charge in [-0.3, -0.25) is 9.59 Å². The first kappa shape index (κ1) is 26.6. The van der Waals surface area contributed by atoms with Crippen molar-refractivity contribution in [2.45, 2.75) is 96.8 Å². The van der Waals surface area contributed by atoms with Crippen molar-refractivity contribution in [1.29, 1.82) is 0 Å². The van der Waals surface area contributed by atoms with E-state index in [0.29, 0.717) is 0 Å². The lowest BCUT2D eigenvalue weighted by Gasteiger charge is -2.22. The maximum Gasteiger partial charge on any atom is 0.305 e. The highest BCUT2D eigenvalue weighted by molar-refractivity contribution is 5.69. The third kappa shape index (κ3) is 15.7. The number of methoxy groups -OCH3 is 1. The lowest BCUT2D eigenvalue weighted by atomic mass is 9.85. The summed E-state index contributed by atoms with van der Waals surface area (Å²) in [5.74, 6) is -0.922. The molecule has 0 amide bonds. The minimum Gasteiger partial charge on any atom is -0.481 e. The summed E-state index contributed by atoms with van der Waals surface area (Å²) in [6.07, 6.45) is 17.9. The SMILES string of the molecule is CCCCCCC/C=C/C(CCCCCCCC(=O)O)C(CO)CC(=O)OC. The van der Waals surface area contributed by atoms with Crippen LogP contribution in [0.1, 0.15) is 96.8 Å². The quantitative estimate of drug-likeness (QED) is 0.170. The second kappa shape index (κ2) is 19.0. The van der Waals surface area contributed by atoms with Crippen LogP contribution in [0.5, 0.6) is 0 Å². The Bertz CT molecular complexity index is 419. The lowest BCUT2D eigenvalue weighted by Crippen LogP contribution is -2.21. The molecule has 5 heteroatoms. The average Bonchev–Trinajstić information content (AvgIpc) is 2.68. The van der Waals surface area contributed by atoms with E-state index in [0.717, 1.165) is 44.9 Å². The van der Waals surface area contributed by atoms with E-state index >= 15 is 0 Å². The highest BCUT2D eigenvalue weighted by Crippen LogP contribution is 2.25. The molecule has 0 heterocycles. The molecule has 0 saturated carbocycles. The predicted octanol–water partition coefficient (Wildman–Crippen LogP) is 5.51. The van der Waals surface area contributed by atoms with Crippen LogP contribution in [0.3, 0.4) is 0 Å². The number of carbonyl (C=O) groups is 2. The van der Waals surface area contributed by atoms with Gasteiger partial charge in [-0.25, -0.2) is 0 Å². The zero-order chi connectivity index (χ0) is 21.0. The molecule has 0 aliphatic rings. The van der Waals surface area contributed by atoms with Crippen molar-refractivity contribution in [3.63, 3.8) is 0 Å². The topological polar surface area (TPSA) is 83.8 Å². The molecule has 0 aromatic rings. The van der Waals surface area contributed by atoms with Crippen molar-refractivity contribution in [3.8, 4) is 0 Å². The van der Waals surface area contributed by atoms with Gasteiger partial charge in [0.25, 0.3) is 0 Å². The van der Waals surface area contributed by atoms with E-state index in [1.807, 2.05) is 0 Å². The van der Waals surface area contributed by atoms with Gasteiger partial charge < -0.3 is 14.9 Å². The first-order chi connectivity index (χ1) is 13.5. The number of unbranched alkanes of at least 4 members (excludes halogenated alkanes) is 9. The number of rotatable bonds is 19. The van der Waals surface area contributed by atoms with E-state index in [2.05, 4.69) is 19.1 Å². The van der Waals surface area contributed by atoms with Crippen LogP contribution in [0.4, 0.5) is 0 Å². The number of aliphatic hydroxyl groups is 1. The van der Waals surface area contributed by atoms with Gasteiger partial charge in [-0.1, -0.05) is 70.4 Å². The second-order valence-corrected chi connectivity index (χ2v) is 7.72. The molecule has 0 aromatic carbocycles. The number of aliphatic carboxylic acids is 1. The molecule has 0 saturated heterocycles. The molecule has 0 aliphatic heterocycles. The average molecular weight is 399 g/mol. The third-order valence-corrected chi connectivity index (χ3v) is 5.28. The van der Waals surface area contributed by atoms with Crippen molar-refractivity contribution in [1.82, 2.24) is 0 Å². The van der Waals surface area contributed by atoms with E-state index in [9.17, 15) is 14.7 Å². The number of esters is 1. The monoisotopic (exact) mass is 398 g/mol. The van der Waals surface area contributed by atoms with Crippen LogP contribution < -0.4 is 0 Å². The Morgan fingerprint density at radius 1 is 0.964 bits per heavy atom. The maximum atomic E-state index is 11.7. The summed E-state index contributed by atoms with van der Waals surface area (Å²) in [6.45, 7) is 2.20. The highest BCUT2D eigenvalue weighted by atomic mass is 16.5. The van der Waals surface area contributed by atoms with E-state index in [1.54, 1.807) is 0 Å². The van der Waals surface area contributed by atoms with E-state index < -0.39 is 5.97 Å². The van der Waals surface area contributed by atoms with Crippen LogP contribution in [0.2, 0.25) is 0 Å². The van der Waals surface area contributed by atoms with E-state index in [-0.39, 0.29) is 37.3 Å². The minimum absolute atomic E-state index is 0.0147. The fourth-order valence-electron chi connectivity index (χ4n) is 3.46. The van der Waals surface area contributed by atoms with E-state index in [4.69, 9.17) is 9.84 Å². The summed E-state index contributed by atoms with van der Waals surface area (Å²) >= 11 is 0. The number of carbonyl (C=O) groups excluding carboxylic acids is 1. The molecule has 28 heavy (non-hydrogen) atoms. The van der Waals surface area contributed by atoms with Gasteiger partial charge in [0.15, 0.2) is 0 Å². The first-order valence-corrected chi connectivity index (χ1v) is 11.1. The lowest BCUT2D eigenvalue weighted by molar-refractivity contribution is -0.142. The Hall–Kier alpha value is -1.36. The second-order valence-electron chi connectivity index (χ2n) is 7.72. The van der Waals surface area contributed by atoms with Gasteiger partial charge in [0.2, 0.25) is 0 Å². The Labute approximate surface area is 171 Å². The van der Waals surface area contributed by atoms with Crippen LogP contribution in [-0.4, -0.2) is 35.9 Å². The van der Waals surface area contributed by atoms with Gasteiger partial charge in [-0.2, -0.15) is 0 Å². The third-order valence-electron chi connectivity index (χ3n) is 5.28. The minimum atomic E-state index is -0.728. The molecule has 0 spiro atoms.